The van der Waals surface area contributed by atoms with E-state index in [9.17, 15) is 4.79 Å². The van der Waals surface area contributed by atoms with Gasteiger partial charge in [-0.1, -0.05) is 0 Å². The molecule has 0 bridgehead atoms. The van der Waals surface area contributed by atoms with Crippen LogP contribution in [-0.2, 0) is 6.54 Å². The highest BCUT2D eigenvalue weighted by atomic mass is 32.1. The first-order chi connectivity index (χ1) is 10.6. The Morgan fingerprint density at radius 3 is 2.95 bits per heavy atom. The van der Waals surface area contributed by atoms with Crippen molar-refractivity contribution < 1.29 is 4.79 Å². The molecule has 0 fully saturated rings. The average molecular weight is 318 g/mol. The predicted octanol–water partition coefficient (Wildman–Crippen LogP) is 2.40. The quantitative estimate of drug-likeness (QED) is 0.869. The Labute approximate surface area is 135 Å². The molecule has 1 aliphatic heterocycles. The van der Waals surface area contributed by atoms with Crippen molar-refractivity contribution in [3.63, 3.8) is 0 Å². The number of amides is 1. The molecule has 1 aliphatic rings. The molecule has 2 aromatic rings. The molecule has 1 amide bonds. The van der Waals surface area contributed by atoms with Crippen molar-refractivity contribution in [1.82, 2.24) is 19.6 Å². The highest BCUT2D eigenvalue weighted by Gasteiger charge is 2.29. The summed E-state index contributed by atoms with van der Waals surface area (Å²) in [4.78, 5) is 17.8. The number of aryl methyl sites for hydroxylation is 1. The molecule has 118 valence electrons. The Bertz CT molecular complexity index is 661. The Hall–Kier alpha value is -1.66. The molecular weight excluding hydrogens is 296 g/mol. The predicted molar refractivity (Wildman–Crippen MR) is 88.2 cm³/mol. The van der Waals surface area contributed by atoms with E-state index in [0.29, 0.717) is 6.54 Å². The van der Waals surface area contributed by atoms with Crippen LogP contribution in [0.2, 0.25) is 0 Å². The third-order valence-electron chi connectivity index (χ3n) is 4.14. The van der Waals surface area contributed by atoms with Gasteiger partial charge in [-0.05, 0) is 57.1 Å². The molecule has 5 nitrogen and oxygen atoms in total. The first-order valence-corrected chi connectivity index (χ1v) is 8.44. The van der Waals surface area contributed by atoms with E-state index in [4.69, 9.17) is 0 Å². The topological polar surface area (TPSA) is 41.4 Å². The summed E-state index contributed by atoms with van der Waals surface area (Å²) in [7, 11) is 4.15. The van der Waals surface area contributed by atoms with Gasteiger partial charge in [-0.2, -0.15) is 5.10 Å². The van der Waals surface area contributed by atoms with Crippen molar-refractivity contribution in [3.05, 3.63) is 39.8 Å². The highest BCUT2D eigenvalue weighted by Crippen LogP contribution is 2.26. The maximum absolute atomic E-state index is 12.8. The number of nitrogens with zero attached hydrogens (tertiary/aromatic N) is 4. The van der Waals surface area contributed by atoms with Gasteiger partial charge in [0.2, 0.25) is 0 Å². The summed E-state index contributed by atoms with van der Waals surface area (Å²) in [5.74, 6) is 0.148. The van der Waals surface area contributed by atoms with Crippen molar-refractivity contribution in [2.45, 2.75) is 25.9 Å². The summed E-state index contributed by atoms with van der Waals surface area (Å²) in [6.45, 7) is 4.37. The third kappa shape index (κ3) is 2.94. The zero-order valence-corrected chi connectivity index (χ0v) is 14.1. The van der Waals surface area contributed by atoms with E-state index in [1.807, 2.05) is 35.5 Å². The molecule has 1 atom stereocenters. The van der Waals surface area contributed by atoms with Crippen LogP contribution in [-0.4, -0.2) is 52.7 Å². The number of hydrogen-bond acceptors (Lipinski definition) is 4. The summed E-state index contributed by atoms with van der Waals surface area (Å²) >= 11 is 1.53. The lowest BCUT2D eigenvalue weighted by Crippen LogP contribution is -2.42. The Balaban J connectivity index is 1.80. The van der Waals surface area contributed by atoms with Crippen molar-refractivity contribution in [1.29, 1.82) is 0 Å². The number of rotatable bonds is 4. The van der Waals surface area contributed by atoms with Gasteiger partial charge in [0.25, 0.3) is 5.91 Å². The van der Waals surface area contributed by atoms with Crippen LogP contribution in [0.1, 0.15) is 33.4 Å². The van der Waals surface area contributed by atoms with E-state index < -0.39 is 0 Å². The number of aromatic nitrogens is 2. The smallest absolute Gasteiger partial charge is 0.264 e. The van der Waals surface area contributed by atoms with Crippen LogP contribution >= 0.6 is 11.3 Å². The van der Waals surface area contributed by atoms with E-state index in [1.165, 1.54) is 11.3 Å². The molecule has 22 heavy (non-hydrogen) atoms. The normalized spacial score (nSPS) is 17.8. The molecule has 0 saturated heterocycles. The van der Waals surface area contributed by atoms with Crippen molar-refractivity contribution in [3.8, 4) is 0 Å². The lowest BCUT2D eigenvalue weighted by Gasteiger charge is -2.34. The van der Waals surface area contributed by atoms with E-state index in [2.05, 4.69) is 28.8 Å². The van der Waals surface area contributed by atoms with Gasteiger partial charge in [0, 0.05) is 12.7 Å². The summed E-state index contributed by atoms with van der Waals surface area (Å²) < 4.78 is 2.09. The Kier molecular flexibility index (Phi) is 4.31. The molecule has 3 heterocycles. The zero-order chi connectivity index (χ0) is 15.7. The van der Waals surface area contributed by atoms with Gasteiger partial charge >= 0.3 is 0 Å². The lowest BCUT2D eigenvalue weighted by atomic mass is 10.1. The molecule has 0 N–H and O–H groups in total. The summed E-state index contributed by atoms with van der Waals surface area (Å²) in [5.41, 5.74) is 2.19. The van der Waals surface area contributed by atoms with Crippen LogP contribution in [0.25, 0.3) is 0 Å². The molecule has 2 aromatic heterocycles. The number of fused-ring (bicyclic) bond motifs is 1. The standard InChI is InChI=1S/C16H22N4OS/c1-12-6-9-22-15(12)16(21)19-10-13-4-7-17-20(13)14(11-19)5-8-18(2)3/h4,6-7,9,14H,5,8,10-11H2,1-3H3. The molecule has 0 saturated carbocycles. The number of carbonyl (C=O) groups is 1. The largest absolute Gasteiger partial charge is 0.330 e. The second kappa shape index (κ2) is 6.22. The monoisotopic (exact) mass is 318 g/mol. The van der Waals surface area contributed by atoms with Crippen LogP contribution in [0.15, 0.2) is 23.7 Å². The Morgan fingerprint density at radius 2 is 2.27 bits per heavy atom. The van der Waals surface area contributed by atoms with Gasteiger partial charge in [0.15, 0.2) is 0 Å². The van der Waals surface area contributed by atoms with Crippen LogP contribution in [0.4, 0.5) is 0 Å². The second-order valence-corrected chi connectivity index (χ2v) is 7.05. The second-order valence-electron chi connectivity index (χ2n) is 6.13. The molecule has 0 radical (unpaired) electrons. The van der Waals surface area contributed by atoms with Crippen LogP contribution in [0, 0.1) is 6.92 Å². The van der Waals surface area contributed by atoms with Gasteiger partial charge in [-0.3, -0.25) is 9.48 Å². The Morgan fingerprint density at radius 1 is 1.45 bits per heavy atom. The fourth-order valence-electron chi connectivity index (χ4n) is 2.90. The number of thiophene rings is 1. The number of carbonyl (C=O) groups excluding carboxylic acids is 1. The minimum absolute atomic E-state index is 0.148. The summed E-state index contributed by atoms with van der Waals surface area (Å²) in [6, 6.07) is 4.28. The lowest BCUT2D eigenvalue weighted by molar-refractivity contribution is 0.0664. The van der Waals surface area contributed by atoms with Crippen LogP contribution in [0.3, 0.4) is 0 Å². The minimum Gasteiger partial charge on any atom is -0.330 e. The molecule has 1 unspecified atom stereocenters. The zero-order valence-electron chi connectivity index (χ0n) is 13.3. The van der Waals surface area contributed by atoms with Gasteiger partial charge in [-0.15, -0.1) is 11.3 Å². The van der Waals surface area contributed by atoms with E-state index in [0.717, 1.165) is 35.6 Å². The molecule has 6 heteroatoms. The van der Waals surface area contributed by atoms with Crippen LogP contribution < -0.4 is 0 Å². The first kappa shape index (κ1) is 15.2. The van der Waals surface area contributed by atoms with E-state index in [1.54, 1.807) is 0 Å². The van der Waals surface area contributed by atoms with Gasteiger partial charge in [0.05, 0.1) is 23.2 Å². The van der Waals surface area contributed by atoms with Gasteiger partial charge < -0.3 is 9.80 Å². The minimum atomic E-state index is 0.148. The number of hydrogen-bond donors (Lipinski definition) is 0. The maximum Gasteiger partial charge on any atom is 0.264 e. The molecule has 0 spiro atoms. The van der Waals surface area contributed by atoms with E-state index in [-0.39, 0.29) is 11.9 Å². The van der Waals surface area contributed by atoms with Crippen molar-refractivity contribution in [2.75, 3.05) is 27.2 Å². The maximum atomic E-state index is 12.8. The fourth-order valence-corrected chi connectivity index (χ4v) is 3.79. The fraction of sp³-hybridized carbons (Fsp3) is 0.500. The molecule has 0 aromatic carbocycles. The van der Waals surface area contributed by atoms with Crippen molar-refractivity contribution >= 4 is 17.2 Å². The summed E-state index contributed by atoms with van der Waals surface area (Å²) in [6.07, 6.45) is 2.83. The molecular formula is C16H22N4OS. The SMILES string of the molecule is Cc1ccsc1C(=O)N1Cc2ccnn2C(CCN(C)C)C1. The summed E-state index contributed by atoms with van der Waals surface area (Å²) in [5, 5.41) is 6.44. The molecule has 0 aliphatic carbocycles. The van der Waals surface area contributed by atoms with Crippen molar-refractivity contribution in [2.24, 2.45) is 0 Å². The average Bonchev–Trinajstić information content (AvgIpc) is 3.12. The molecule has 3 rings (SSSR count). The van der Waals surface area contributed by atoms with Crippen LogP contribution in [0.5, 0.6) is 0 Å². The first-order valence-electron chi connectivity index (χ1n) is 7.56. The van der Waals surface area contributed by atoms with E-state index >= 15 is 0 Å². The van der Waals surface area contributed by atoms with Gasteiger partial charge in [-0.25, -0.2) is 0 Å². The third-order valence-corrected chi connectivity index (χ3v) is 5.14. The van der Waals surface area contributed by atoms with Gasteiger partial charge in [0.1, 0.15) is 0 Å². The highest BCUT2D eigenvalue weighted by molar-refractivity contribution is 7.12.